The molecular weight excluding hydrogens is 131 g/mol. The summed E-state index contributed by atoms with van der Waals surface area (Å²) in [4.78, 5) is 0. The van der Waals surface area contributed by atoms with Crippen molar-refractivity contribution < 1.29 is 14.2 Å². The van der Waals surface area contributed by atoms with E-state index in [-0.39, 0.29) is 8.41 Å². The molecule has 0 fully saturated rings. The summed E-state index contributed by atoms with van der Waals surface area (Å²) in [6.07, 6.45) is 0. The fourth-order valence-corrected chi connectivity index (χ4v) is 0.387. The quantitative estimate of drug-likeness (QED) is 0.386. The van der Waals surface area contributed by atoms with E-state index in [9.17, 15) is 0 Å². The average Bonchev–Trinajstić information content (AvgIpc) is 1.89. The lowest BCUT2D eigenvalue weighted by Crippen LogP contribution is -2.06. The highest BCUT2D eigenvalue weighted by Gasteiger charge is 1.84. The van der Waals surface area contributed by atoms with E-state index in [1.807, 2.05) is 0 Å². The first kappa shape index (κ1) is 12.6. The lowest BCUT2D eigenvalue weighted by molar-refractivity contribution is 0.0385. The van der Waals surface area contributed by atoms with Crippen LogP contribution in [0.15, 0.2) is 0 Å². The monoisotopic (exact) mass is 145 g/mol. The lowest BCUT2D eigenvalue weighted by atomic mass is 10.7. The number of rotatable bonds is 6. The van der Waals surface area contributed by atoms with Crippen LogP contribution in [-0.2, 0) is 14.2 Å². The van der Waals surface area contributed by atoms with Gasteiger partial charge in [-0.15, -0.1) is 0 Å². The normalized spacial score (nSPS) is 9.00. The average molecular weight is 145 g/mol. The van der Waals surface area contributed by atoms with Gasteiger partial charge in [0.2, 0.25) is 0 Å². The molecule has 0 unspecified atom stereocenters. The van der Waals surface area contributed by atoms with Gasteiger partial charge in [-0.3, -0.25) is 0 Å². The topological polar surface area (TPSA) is 27.7 Å². The lowest BCUT2D eigenvalue weighted by Gasteiger charge is -2.00. The molecule has 0 amide bonds. The van der Waals surface area contributed by atoms with Gasteiger partial charge in [-0.05, 0) is 0 Å². The van der Waals surface area contributed by atoms with Gasteiger partial charge in [0.05, 0.1) is 26.4 Å². The third kappa shape index (κ3) is 10.8. The van der Waals surface area contributed by atoms with E-state index in [0.717, 1.165) is 0 Å². The smallest absolute Gasteiger partial charge is 0.0701 e. The van der Waals surface area contributed by atoms with Crippen LogP contribution < -0.4 is 0 Å². The maximum absolute atomic E-state index is 5.06. The Morgan fingerprint density at radius 1 is 0.800 bits per heavy atom. The van der Waals surface area contributed by atoms with Gasteiger partial charge >= 0.3 is 0 Å². The third-order valence-electron chi connectivity index (χ3n) is 0.864. The van der Waals surface area contributed by atoms with Crippen molar-refractivity contribution in [2.75, 3.05) is 40.6 Å². The Morgan fingerprint density at radius 3 is 1.50 bits per heavy atom. The Kier molecular flexibility index (Phi) is 14.8. The minimum Gasteiger partial charge on any atom is -0.382 e. The predicted molar refractivity (Wildman–Crippen MR) is 40.3 cm³/mol. The largest absolute Gasteiger partial charge is 0.382 e. The molecular formula is C6H14BO3. The van der Waals surface area contributed by atoms with Gasteiger partial charge < -0.3 is 14.2 Å². The van der Waals surface area contributed by atoms with Crippen LogP contribution in [0, 0.1) is 0 Å². The summed E-state index contributed by atoms with van der Waals surface area (Å²) in [5.74, 6) is 0. The van der Waals surface area contributed by atoms with Crippen molar-refractivity contribution in [1.82, 2.24) is 0 Å². The summed E-state index contributed by atoms with van der Waals surface area (Å²) in [7, 11) is 3.30. The fraction of sp³-hybridized carbons (Fsp3) is 1.00. The Bertz CT molecular complexity index is 46.3. The highest BCUT2D eigenvalue weighted by Crippen LogP contribution is 1.75. The van der Waals surface area contributed by atoms with E-state index in [1.54, 1.807) is 14.2 Å². The van der Waals surface area contributed by atoms with Crippen LogP contribution in [-0.4, -0.2) is 49.1 Å². The van der Waals surface area contributed by atoms with Crippen LogP contribution in [0.5, 0.6) is 0 Å². The Hall–Kier alpha value is -0.0551. The van der Waals surface area contributed by atoms with Crippen LogP contribution >= 0.6 is 0 Å². The molecule has 0 saturated heterocycles. The van der Waals surface area contributed by atoms with E-state index < -0.39 is 0 Å². The molecule has 0 rings (SSSR count). The molecule has 0 aliphatic heterocycles. The minimum absolute atomic E-state index is 0. The van der Waals surface area contributed by atoms with Crippen LogP contribution in [0.25, 0.3) is 0 Å². The Labute approximate surface area is 64.2 Å². The van der Waals surface area contributed by atoms with Gasteiger partial charge in [0.25, 0.3) is 0 Å². The molecule has 59 valence electrons. The molecule has 0 atom stereocenters. The van der Waals surface area contributed by atoms with E-state index >= 15 is 0 Å². The molecule has 0 aromatic rings. The van der Waals surface area contributed by atoms with Crippen molar-refractivity contribution in [3.05, 3.63) is 0 Å². The molecule has 0 bridgehead atoms. The van der Waals surface area contributed by atoms with Gasteiger partial charge in [0, 0.05) is 22.6 Å². The SMILES string of the molecule is COCCOCCOC.[B]. The highest BCUT2D eigenvalue weighted by atomic mass is 16.5. The number of hydrogen-bond acceptors (Lipinski definition) is 3. The van der Waals surface area contributed by atoms with Crippen molar-refractivity contribution in [1.29, 1.82) is 0 Å². The number of ether oxygens (including phenoxy) is 3. The maximum atomic E-state index is 5.06. The molecule has 0 aliphatic carbocycles. The molecule has 0 saturated carbocycles. The van der Waals surface area contributed by atoms with Gasteiger partial charge in [0.1, 0.15) is 0 Å². The van der Waals surface area contributed by atoms with E-state index in [1.165, 1.54) is 0 Å². The van der Waals surface area contributed by atoms with Crippen molar-refractivity contribution in [2.24, 2.45) is 0 Å². The first-order valence-corrected chi connectivity index (χ1v) is 2.97. The van der Waals surface area contributed by atoms with Crippen LogP contribution in [0.3, 0.4) is 0 Å². The molecule has 0 N–H and O–H groups in total. The van der Waals surface area contributed by atoms with E-state index in [2.05, 4.69) is 0 Å². The first-order chi connectivity index (χ1) is 4.41. The zero-order valence-corrected chi connectivity index (χ0v) is 6.63. The van der Waals surface area contributed by atoms with Crippen LogP contribution in [0.1, 0.15) is 0 Å². The van der Waals surface area contributed by atoms with Crippen molar-refractivity contribution in [3.8, 4) is 0 Å². The van der Waals surface area contributed by atoms with Gasteiger partial charge in [0.15, 0.2) is 0 Å². The van der Waals surface area contributed by atoms with Gasteiger partial charge in [-0.25, -0.2) is 0 Å². The summed E-state index contributed by atoms with van der Waals surface area (Å²) in [6, 6.07) is 0. The molecule has 10 heavy (non-hydrogen) atoms. The maximum Gasteiger partial charge on any atom is 0.0701 e. The van der Waals surface area contributed by atoms with Crippen molar-refractivity contribution in [2.45, 2.75) is 0 Å². The number of methoxy groups -OCH3 is 2. The first-order valence-electron chi connectivity index (χ1n) is 2.97. The molecule has 3 nitrogen and oxygen atoms in total. The standard InChI is InChI=1S/C6H14O3.B/c1-7-3-5-9-6-4-8-2;/h3-6H2,1-2H3;. The minimum atomic E-state index is 0. The summed E-state index contributed by atoms with van der Waals surface area (Å²) in [6.45, 7) is 2.62. The molecule has 0 aromatic carbocycles. The second-order valence-electron chi connectivity index (χ2n) is 1.60. The second-order valence-corrected chi connectivity index (χ2v) is 1.60. The Morgan fingerprint density at radius 2 is 1.20 bits per heavy atom. The summed E-state index contributed by atoms with van der Waals surface area (Å²) < 4.78 is 14.6. The zero-order valence-electron chi connectivity index (χ0n) is 6.63. The number of hydrogen-bond donors (Lipinski definition) is 0. The van der Waals surface area contributed by atoms with Crippen LogP contribution in [0.4, 0.5) is 0 Å². The highest BCUT2D eigenvalue weighted by molar-refractivity contribution is 5.75. The van der Waals surface area contributed by atoms with Crippen molar-refractivity contribution in [3.63, 3.8) is 0 Å². The van der Waals surface area contributed by atoms with Gasteiger partial charge in [-0.2, -0.15) is 0 Å². The third-order valence-corrected chi connectivity index (χ3v) is 0.864. The summed E-state index contributed by atoms with van der Waals surface area (Å²) >= 11 is 0. The van der Waals surface area contributed by atoms with E-state index in [4.69, 9.17) is 14.2 Å². The molecule has 0 spiro atoms. The molecule has 0 aromatic heterocycles. The van der Waals surface area contributed by atoms with Gasteiger partial charge in [-0.1, -0.05) is 0 Å². The van der Waals surface area contributed by atoms with Crippen molar-refractivity contribution >= 4 is 8.41 Å². The second kappa shape index (κ2) is 11.7. The molecule has 4 heteroatoms. The summed E-state index contributed by atoms with van der Waals surface area (Å²) in [5, 5.41) is 0. The molecule has 3 radical (unpaired) electrons. The fourth-order valence-electron chi connectivity index (χ4n) is 0.387. The van der Waals surface area contributed by atoms with E-state index in [0.29, 0.717) is 26.4 Å². The predicted octanol–water partition coefficient (Wildman–Crippen LogP) is -0.0850. The van der Waals surface area contributed by atoms with Crippen LogP contribution in [0.2, 0.25) is 0 Å². The zero-order chi connectivity index (χ0) is 6.95. The Balaban J connectivity index is 0. The molecule has 0 aliphatic rings. The molecule has 0 heterocycles. The summed E-state index contributed by atoms with van der Waals surface area (Å²) in [5.41, 5.74) is 0.